The van der Waals surface area contributed by atoms with Crippen LogP contribution in [0.15, 0.2) is 17.5 Å². The van der Waals surface area contributed by atoms with Gasteiger partial charge in [0.25, 0.3) is 0 Å². The Labute approximate surface area is 138 Å². The van der Waals surface area contributed by atoms with E-state index in [1.54, 1.807) is 4.90 Å². The molecule has 1 aliphatic heterocycles. The first-order valence-corrected chi connectivity index (χ1v) is 8.25. The zero-order valence-corrected chi connectivity index (χ0v) is 13.7. The molecule has 126 valence electrons. The molecule has 2 unspecified atom stereocenters. The van der Waals surface area contributed by atoms with Gasteiger partial charge >= 0.3 is 5.97 Å². The largest absolute Gasteiger partial charge is 0.481 e. The van der Waals surface area contributed by atoms with Crippen LogP contribution in [0.5, 0.6) is 0 Å². The van der Waals surface area contributed by atoms with Crippen molar-refractivity contribution in [3.05, 3.63) is 22.4 Å². The Hall–Kier alpha value is -1.93. The normalized spacial score (nSPS) is 19.2. The zero-order valence-electron chi connectivity index (χ0n) is 12.9. The average molecular weight is 340 g/mol. The maximum atomic E-state index is 12.6. The number of rotatable bonds is 6. The second-order valence-corrected chi connectivity index (χ2v) is 6.37. The maximum absolute atomic E-state index is 12.6. The Bertz CT molecular complexity index is 560. The van der Waals surface area contributed by atoms with E-state index < -0.39 is 18.1 Å². The van der Waals surface area contributed by atoms with Gasteiger partial charge in [-0.1, -0.05) is 6.07 Å². The Kier molecular flexibility index (Phi) is 6.12. The number of thiophene rings is 1. The fourth-order valence-corrected chi connectivity index (χ4v) is 3.38. The lowest BCUT2D eigenvalue weighted by Gasteiger charge is -2.35. The lowest BCUT2D eigenvalue weighted by atomic mass is 10.1. The molecule has 1 aromatic rings. The first kappa shape index (κ1) is 17.4. The lowest BCUT2D eigenvalue weighted by Crippen LogP contribution is -2.50. The van der Waals surface area contributed by atoms with Gasteiger partial charge in [-0.15, -0.1) is 11.3 Å². The summed E-state index contributed by atoms with van der Waals surface area (Å²) in [4.78, 5) is 37.4. The molecule has 23 heavy (non-hydrogen) atoms. The van der Waals surface area contributed by atoms with Gasteiger partial charge < -0.3 is 20.1 Å². The van der Waals surface area contributed by atoms with Gasteiger partial charge in [0.2, 0.25) is 11.8 Å². The summed E-state index contributed by atoms with van der Waals surface area (Å²) in [5.74, 6) is -1.35. The number of carbonyl (C=O) groups excluding carboxylic acids is 2. The van der Waals surface area contributed by atoms with Crippen molar-refractivity contribution in [3.63, 3.8) is 0 Å². The smallest absolute Gasteiger partial charge is 0.305 e. The quantitative estimate of drug-likeness (QED) is 0.806. The molecular formula is C15H20N2O5S. The predicted octanol–water partition coefficient (Wildman–Crippen LogP) is 1.02. The molecule has 8 heteroatoms. The van der Waals surface area contributed by atoms with E-state index in [9.17, 15) is 14.4 Å². The number of aliphatic carboxylic acids is 1. The first-order chi connectivity index (χ1) is 11.0. The molecule has 0 radical (unpaired) electrons. The zero-order chi connectivity index (χ0) is 16.8. The number of amides is 2. The number of nitrogens with zero attached hydrogens (tertiary/aromatic N) is 1. The number of morpholine rings is 1. The molecule has 0 bridgehead atoms. The summed E-state index contributed by atoms with van der Waals surface area (Å²) in [6.45, 7) is 2.40. The predicted molar refractivity (Wildman–Crippen MR) is 84.1 cm³/mol. The molecule has 2 heterocycles. The number of hydrogen-bond donors (Lipinski definition) is 2. The Morgan fingerprint density at radius 2 is 2.30 bits per heavy atom. The van der Waals surface area contributed by atoms with Crippen molar-refractivity contribution in [2.24, 2.45) is 0 Å². The molecule has 0 spiro atoms. The highest BCUT2D eigenvalue weighted by Crippen LogP contribution is 2.24. The van der Waals surface area contributed by atoms with Crippen LogP contribution >= 0.6 is 11.3 Å². The molecule has 0 saturated carbocycles. The van der Waals surface area contributed by atoms with Gasteiger partial charge in [0.05, 0.1) is 38.1 Å². The minimum Gasteiger partial charge on any atom is -0.481 e. The molecule has 0 aromatic carbocycles. The monoisotopic (exact) mass is 340 g/mol. The first-order valence-electron chi connectivity index (χ1n) is 7.37. The third kappa shape index (κ3) is 5.04. The lowest BCUT2D eigenvalue weighted by molar-refractivity contribution is -0.146. The number of carboxylic acid groups (broad SMARTS) is 1. The van der Waals surface area contributed by atoms with Crippen LogP contribution < -0.4 is 5.32 Å². The second kappa shape index (κ2) is 8.07. The molecule has 0 aliphatic carbocycles. The number of carboxylic acids is 1. The fourth-order valence-electron chi connectivity index (χ4n) is 2.60. The Morgan fingerprint density at radius 3 is 2.91 bits per heavy atom. The van der Waals surface area contributed by atoms with Crippen LogP contribution in [-0.4, -0.2) is 53.6 Å². The molecule has 2 N–H and O–H groups in total. The summed E-state index contributed by atoms with van der Waals surface area (Å²) in [7, 11) is 0. The third-order valence-corrected chi connectivity index (χ3v) is 4.59. The van der Waals surface area contributed by atoms with Crippen LogP contribution in [0.4, 0.5) is 0 Å². The van der Waals surface area contributed by atoms with E-state index >= 15 is 0 Å². The highest BCUT2D eigenvalue weighted by atomic mass is 32.1. The maximum Gasteiger partial charge on any atom is 0.305 e. The minimum atomic E-state index is -0.963. The Balaban J connectivity index is 2.07. The van der Waals surface area contributed by atoms with Crippen LogP contribution in [0, 0.1) is 0 Å². The van der Waals surface area contributed by atoms with Crippen LogP contribution in [0.1, 0.15) is 30.7 Å². The van der Waals surface area contributed by atoms with Crippen molar-refractivity contribution in [3.8, 4) is 0 Å². The van der Waals surface area contributed by atoms with Crippen molar-refractivity contribution in [1.29, 1.82) is 0 Å². The van der Waals surface area contributed by atoms with Gasteiger partial charge in [-0.2, -0.15) is 0 Å². The van der Waals surface area contributed by atoms with Gasteiger partial charge in [0, 0.05) is 18.3 Å². The Morgan fingerprint density at radius 1 is 1.52 bits per heavy atom. The van der Waals surface area contributed by atoms with E-state index in [1.807, 2.05) is 17.5 Å². The van der Waals surface area contributed by atoms with E-state index in [2.05, 4.69) is 5.32 Å². The third-order valence-electron chi connectivity index (χ3n) is 3.60. The van der Waals surface area contributed by atoms with Crippen molar-refractivity contribution in [2.75, 3.05) is 19.8 Å². The molecule has 1 aliphatic rings. The van der Waals surface area contributed by atoms with Crippen molar-refractivity contribution in [1.82, 2.24) is 10.2 Å². The average Bonchev–Trinajstić information content (AvgIpc) is 3.00. The number of hydrogen-bond acceptors (Lipinski definition) is 5. The van der Waals surface area contributed by atoms with E-state index in [1.165, 1.54) is 18.3 Å². The SMILES string of the molecule is CC(=O)NC(CC(=O)N1CCOCC1CC(=O)O)c1cccs1. The van der Waals surface area contributed by atoms with E-state index in [0.717, 1.165) is 4.88 Å². The van der Waals surface area contributed by atoms with E-state index in [4.69, 9.17) is 9.84 Å². The van der Waals surface area contributed by atoms with Gasteiger partial charge in [0.1, 0.15) is 0 Å². The van der Waals surface area contributed by atoms with Gasteiger partial charge in [-0.05, 0) is 11.4 Å². The van der Waals surface area contributed by atoms with Gasteiger partial charge in [-0.3, -0.25) is 14.4 Å². The van der Waals surface area contributed by atoms with Crippen LogP contribution in [0.2, 0.25) is 0 Å². The summed E-state index contributed by atoms with van der Waals surface area (Å²) < 4.78 is 5.28. The van der Waals surface area contributed by atoms with Crippen LogP contribution in [0.3, 0.4) is 0 Å². The minimum absolute atomic E-state index is 0.107. The highest BCUT2D eigenvalue weighted by molar-refractivity contribution is 7.10. The van der Waals surface area contributed by atoms with Crippen molar-refractivity contribution < 1.29 is 24.2 Å². The fraction of sp³-hybridized carbons (Fsp3) is 0.533. The van der Waals surface area contributed by atoms with Gasteiger partial charge in [0.15, 0.2) is 0 Å². The summed E-state index contributed by atoms with van der Waals surface area (Å²) >= 11 is 1.47. The molecule has 2 amide bonds. The molecule has 1 aromatic heterocycles. The summed E-state index contributed by atoms with van der Waals surface area (Å²) in [6.07, 6.45) is -0.0360. The van der Waals surface area contributed by atoms with Crippen molar-refractivity contribution in [2.45, 2.75) is 31.8 Å². The number of nitrogens with one attached hydrogen (secondary N) is 1. The summed E-state index contributed by atoms with van der Waals surface area (Å²) in [6, 6.07) is 2.87. The van der Waals surface area contributed by atoms with Crippen LogP contribution in [0.25, 0.3) is 0 Å². The summed E-state index contributed by atoms with van der Waals surface area (Å²) in [5, 5.41) is 13.6. The van der Waals surface area contributed by atoms with Crippen molar-refractivity contribution >= 4 is 29.1 Å². The molecule has 2 atom stereocenters. The van der Waals surface area contributed by atoms with E-state index in [0.29, 0.717) is 13.2 Å². The van der Waals surface area contributed by atoms with Crippen LogP contribution in [-0.2, 0) is 19.1 Å². The van der Waals surface area contributed by atoms with E-state index in [-0.39, 0.29) is 31.3 Å². The van der Waals surface area contributed by atoms with Gasteiger partial charge in [-0.25, -0.2) is 0 Å². The summed E-state index contributed by atoms with van der Waals surface area (Å²) in [5.41, 5.74) is 0. The molecule has 2 rings (SSSR count). The molecular weight excluding hydrogens is 320 g/mol. The molecule has 7 nitrogen and oxygen atoms in total. The molecule has 1 fully saturated rings. The topological polar surface area (TPSA) is 95.9 Å². The molecule has 1 saturated heterocycles. The highest BCUT2D eigenvalue weighted by Gasteiger charge is 2.31. The number of carbonyl (C=O) groups is 3. The standard InChI is InChI=1S/C15H20N2O5S/c1-10(18)16-12(13-3-2-6-23-13)8-14(19)17-4-5-22-9-11(17)7-15(20)21/h2-3,6,11-12H,4-5,7-9H2,1H3,(H,16,18)(H,20,21). The number of ether oxygens (including phenoxy) is 1. The second-order valence-electron chi connectivity index (χ2n) is 5.39.